The Hall–Kier alpha value is -4.26. The first-order valence-electron chi connectivity index (χ1n) is 11.9. The van der Waals surface area contributed by atoms with E-state index in [9.17, 15) is 14.7 Å². The fourth-order valence-electron chi connectivity index (χ4n) is 4.51. The van der Waals surface area contributed by atoms with Crippen molar-refractivity contribution in [2.75, 3.05) is 11.7 Å². The van der Waals surface area contributed by atoms with E-state index >= 15 is 0 Å². The molecule has 5 rings (SSSR count). The zero-order valence-corrected chi connectivity index (χ0v) is 20.4. The average molecular weight is 486 g/mol. The number of aliphatic hydroxyl groups is 1. The third-order valence-corrected chi connectivity index (χ3v) is 6.28. The quantitative estimate of drug-likeness (QED) is 0.286. The van der Waals surface area contributed by atoms with Crippen LogP contribution in [0.1, 0.15) is 43.5 Å². The molecule has 0 aliphatic carbocycles. The summed E-state index contributed by atoms with van der Waals surface area (Å²) in [5, 5.41) is 11.3. The van der Waals surface area contributed by atoms with Gasteiger partial charge in [0.2, 0.25) is 6.79 Å². The summed E-state index contributed by atoms with van der Waals surface area (Å²) in [5.74, 6) is -0.0371. The first-order valence-corrected chi connectivity index (χ1v) is 11.9. The molecule has 0 spiro atoms. The lowest BCUT2D eigenvalue weighted by Crippen LogP contribution is -2.29. The van der Waals surface area contributed by atoms with Crippen LogP contribution in [-0.2, 0) is 16.0 Å². The molecule has 3 aromatic carbocycles. The molecule has 0 bridgehead atoms. The maximum atomic E-state index is 13.4. The van der Waals surface area contributed by atoms with Crippen LogP contribution in [0.3, 0.4) is 0 Å². The maximum Gasteiger partial charge on any atom is 0.300 e. The Morgan fingerprint density at radius 3 is 2.36 bits per heavy atom. The maximum absolute atomic E-state index is 13.4. The second-order valence-electron chi connectivity index (χ2n) is 8.99. The van der Waals surface area contributed by atoms with Crippen molar-refractivity contribution in [3.8, 4) is 17.2 Å². The van der Waals surface area contributed by atoms with E-state index in [-0.39, 0.29) is 24.2 Å². The summed E-state index contributed by atoms with van der Waals surface area (Å²) in [6, 6.07) is 18.9. The van der Waals surface area contributed by atoms with Gasteiger partial charge in [0.15, 0.2) is 11.5 Å². The standard InChI is InChI=1S/C29H27NO6/c1-4-18-5-7-19(8-6-18)26-25(27(31)20-9-14-23-24(15-20)35-16-34-23)28(32)29(33)30(26)21-10-12-22(13-11-21)36-17(2)3/h5-15,17,26,31H,4,16H2,1-3H3/b27-25-. The van der Waals surface area contributed by atoms with Gasteiger partial charge in [0.05, 0.1) is 17.7 Å². The highest BCUT2D eigenvalue weighted by Gasteiger charge is 2.47. The molecular formula is C29H27NO6. The number of hydrogen-bond acceptors (Lipinski definition) is 6. The Bertz CT molecular complexity index is 1340. The van der Waals surface area contributed by atoms with Gasteiger partial charge in [-0.1, -0.05) is 31.2 Å². The number of fused-ring (bicyclic) bond motifs is 1. The number of carbonyl (C=O) groups excluding carboxylic acids is 2. The summed E-state index contributed by atoms with van der Waals surface area (Å²) in [5.41, 5.74) is 2.76. The number of ether oxygens (including phenoxy) is 3. The minimum absolute atomic E-state index is 0.00357. The minimum Gasteiger partial charge on any atom is -0.507 e. The van der Waals surface area contributed by atoms with Crippen molar-refractivity contribution in [3.63, 3.8) is 0 Å². The van der Waals surface area contributed by atoms with Gasteiger partial charge in [0.1, 0.15) is 11.5 Å². The van der Waals surface area contributed by atoms with Crippen LogP contribution in [-0.4, -0.2) is 29.7 Å². The van der Waals surface area contributed by atoms with E-state index in [1.54, 1.807) is 42.5 Å². The number of carbonyl (C=O) groups is 2. The predicted octanol–water partition coefficient (Wildman–Crippen LogP) is 5.39. The summed E-state index contributed by atoms with van der Waals surface area (Å²) < 4.78 is 16.5. The van der Waals surface area contributed by atoms with Gasteiger partial charge >= 0.3 is 0 Å². The Morgan fingerprint density at radius 1 is 1.00 bits per heavy atom. The number of ketones is 1. The highest BCUT2D eigenvalue weighted by atomic mass is 16.7. The van der Waals surface area contributed by atoms with Crippen molar-refractivity contribution in [2.45, 2.75) is 39.3 Å². The molecule has 1 fully saturated rings. The van der Waals surface area contributed by atoms with E-state index in [1.807, 2.05) is 38.1 Å². The highest BCUT2D eigenvalue weighted by Crippen LogP contribution is 2.43. The van der Waals surface area contributed by atoms with Crippen LogP contribution in [0.5, 0.6) is 17.2 Å². The van der Waals surface area contributed by atoms with E-state index in [2.05, 4.69) is 6.92 Å². The number of hydrogen-bond donors (Lipinski definition) is 1. The van der Waals surface area contributed by atoms with Crippen molar-refractivity contribution in [3.05, 3.63) is 89.0 Å². The Morgan fingerprint density at radius 2 is 1.69 bits per heavy atom. The number of amides is 1. The summed E-state index contributed by atoms with van der Waals surface area (Å²) in [6.45, 7) is 6.01. The van der Waals surface area contributed by atoms with Crippen molar-refractivity contribution in [1.29, 1.82) is 0 Å². The molecule has 3 aromatic rings. The zero-order valence-electron chi connectivity index (χ0n) is 20.4. The van der Waals surface area contributed by atoms with Gasteiger partial charge in [-0.3, -0.25) is 14.5 Å². The molecule has 7 nitrogen and oxygen atoms in total. The van der Waals surface area contributed by atoms with Gasteiger partial charge in [-0.05, 0) is 73.9 Å². The number of aliphatic hydroxyl groups excluding tert-OH is 1. The lowest BCUT2D eigenvalue weighted by molar-refractivity contribution is -0.132. The molecule has 2 aliphatic rings. The van der Waals surface area contributed by atoms with Gasteiger partial charge in [0, 0.05) is 11.3 Å². The van der Waals surface area contributed by atoms with Crippen LogP contribution in [0.4, 0.5) is 5.69 Å². The fourth-order valence-corrected chi connectivity index (χ4v) is 4.51. The van der Waals surface area contributed by atoms with Crippen LogP contribution in [0, 0.1) is 0 Å². The smallest absolute Gasteiger partial charge is 0.300 e. The van der Waals surface area contributed by atoms with Gasteiger partial charge in [-0.25, -0.2) is 0 Å². The predicted molar refractivity (Wildman–Crippen MR) is 135 cm³/mol. The molecule has 0 aromatic heterocycles. The SMILES string of the molecule is CCc1ccc(C2/C(=C(/O)c3ccc4c(c3)OCO4)C(=O)C(=O)N2c2ccc(OC(C)C)cc2)cc1. The lowest BCUT2D eigenvalue weighted by atomic mass is 9.94. The Kier molecular flexibility index (Phi) is 6.14. The summed E-state index contributed by atoms with van der Waals surface area (Å²) in [4.78, 5) is 28.2. The molecule has 1 N–H and O–H groups in total. The first-order chi connectivity index (χ1) is 17.4. The Balaban J connectivity index is 1.63. The van der Waals surface area contributed by atoms with Crippen LogP contribution in [0.2, 0.25) is 0 Å². The lowest BCUT2D eigenvalue weighted by Gasteiger charge is -2.26. The van der Waals surface area contributed by atoms with E-state index in [0.29, 0.717) is 28.5 Å². The van der Waals surface area contributed by atoms with Gasteiger partial charge in [-0.2, -0.15) is 0 Å². The van der Waals surface area contributed by atoms with Crippen molar-refractivity contribution < 1.29 is 28.9 Å². The van der Waals surface area contributed by atoms with E-state index in [1.165, 1.54) is 4.90 Å². The van der Waals surface area contributed by atoms with E-state index in [0.717, 1.165) is 17.5 Å². The van der Waals surface area contributed by atoms with Crippen LogP contribution < -0.4 is 19.1 Å². The third-order valence-electron chi connectivity index (χ3n) is 6.28. The summed E-state index contributed by atoms with van der Waals surface area (Å²) in [7, 11) is 0. The van der Waals surface area contributed by atoms with Crippen LogP contribution in [0.25, 0.3) is 5.76 Å². The fraction of sp³-hybridized carbons (Fsp3) is 0.241. The van der Waals surface area contributed by atoms with Crippen LogP contribution in [0.15, 0.2) is 72.3 Å². The number of nitrogens with zero attached hydrogens (tertiary/aromatic N) is 1. The first kappa shape index (κ1) is 23.5. The molecule has 1 unspecified atom stereocenters. The average Bonchev–Trinajstić information content (AvgIpc) is 3.46. The highest BCUT2D eigenvalue weighted by molar-refractivity contribution is 6.51. The monoisotopic (exact) mass is 485 g/mol. The summed E-state index contributed by atoms with van der Waals surface area (Å²) in [6.07, 6.45) is 0.860. The second-order valence-corrected chi connectivity index (χ2v) is 8.99. The van der Waals surface area contributed by atoms with Crippen molar-refractivity contribution in [1.82, 2.24) is 0 Å². The largest absolute Gasteiger partial charge is 0.507 e. The van der Waals surface area contributed by atoms with Crippen LogP contribution >= 0.6 is 0 Å². The topological polar surface area (TPSA) is 85.3 Å². The molecule has 0 radical (unpaired) electrons. The number of Topliss-reactive ketones (excluding diaryl/α,β-unsaturated/α-hetero) is 1. The van der Waals surface area contributed by atoms with Crippen molar-refractivity contribution in [2.24, 2.45) is 0 Å². The molecule has 1 atom stereocenters. The van der Waals surface area contributed by atoms with Crippen molar-refractivity contribution >= 4 is 23.1 Å². The number of benzene rings is 3. The summed E-state index contributed by atoms with van der Waals surface area (Å²) >= 11 is 0. The molecule has 0 saturated carbocycles. The molecule has 36 heavy (non-hydrogen) atoms. The van der Waals surface area contributed by atoms with E-state index < -0.39 is 17.7 Å². The van der Waals surface area contributed by atoms with Gasteiger partial charge in [-0.15, -0.1) is 0 Å². The number of anilines is 1. The molecule has 2 heterocycles. The molecular weight excluding hydrogens is 458 g/mol. The molecule has 1 saturated heterocycles. The second kappa shape index (κ2) is 9.41. The molecule has 2 aliphatic heterocycles. The Labute approximate surface area is 209 Å². The zero-order chi connectivity index (χ0) is 25.4. The van der Waals surface area contributed by atoms with E-state index in [4.69, 9.17) is 14.2 Å². The number of rotatable bonds is 6. The normalized spacial score (nSPS) is 18.2. The minimum atomic E-state index is -0.807. The molecule has 7 heteroatoms. The molecule has 184 valence electrons. The molecule has 1 amide bonds. The number of aryl methyl sites for hydroxylation is 1. The van der Waals surface area contributed by atoms with Gasteiger partial charge < -0.3 is 19.3 Å². The van der Waals surface area contributed by atoms with Gasteiger partial charge in [0.25, 0.3) is 11.7 Å². The third kappa shape index (κ3) is 4.17.